The Balaban J connectivity index is 1.93. The van der Waals surface area contributed by atoms with Gasteiger partial charge in [-0.2, -0.15) is 0 Å². The predicted octanol–water partition coefficient (Wildman–Crippen LogP) is 2.81. The number of carboxylic acid groups (broad SMARTS) is 1. The second-order valence-electron chi connectivity index (χ2n) is 4.46. The maximum absolute atomic E-state index is 10.8. The lowest BCUT2D eigenvalue weighted by Crippen LogP contribution is -2.28. The van der Waals surface area contributed by atoms with Crippen LogP contribution in [0.2, 0.25) is 0 Å². The van der Waals surface area contributed by atoms with E-state index >= 15 is 0 Å². The van der Waals surface area contributed by atoms with Crippen LogP contribution in [0, 0.1) is 11.8 Å². The fraction of sp³-hybridized carbons (Fsp3) is 0.462. The van der Waals surface area contributed by atoms with Crippen LogP contribution >= 0.6 is 0 Å². The van der Waals surface area contributed by atoms with Crippen LogP contribution in [0.1, 0.15) is 30.1 Å². The van der Waals surface area contributed by atoms with Crippen molar-refractivity contribution in [3.8, 4) is 5.75 Å². The van der Waals surface area contributed by atoms with Gasteiger partial charge in [0.15, 0.2) is 0 Å². The molecule has 0 aliphatic heterocycles. The quantitative estimate of drug-likeness (QED) is 0.848. The fourth-order valence-corrected chi connectivity index (χ4v) is 1.91. The van der Waals surface area contributed by atoms with Crippen molar-refractivity contribution in [1.82, 2.24) is 0 Å². The summed E-state index contributed by atoms with van der Waals surface area (Å²) in [6, 6.07) is 6.66. The lowest BCUT2D eigenvalue weighted by molar-refractivity contribution is 0.0695. The second kappa shape index (κ2) is 4.56. The molecule has 3 heteroatoms. The minimum atomic E-state index is -0.914. The van der Waals surface area contributed by atoms with Crippen molar-refractivity contribution in [1.29, 1.82) is 0 Å². The van der Waals surface area contributed by atoms with Gasteiger partial charge < -0.3 is 9.84 Å². The van der Waals surface area contributed by atoms with Crippen LogP contribution < -0.4 is 4.74 Å². The zero-order valence-electron chi connectivity index (χ0n) is 9.35. The van der Waals surface area contributed by atoms with E-state index in [0.29, 0.717) is 18.3 Å². The van der Waals surface area contributed by atoms with Crippen LogP contribution in [0.5, 0.6) is 5.75 Å². The summed E-state index contributed by atoms with van der Waals surface area (Å²) in [7, 11) is 0. The standard InChI is InChI=1S/C13H16O3/c1-9-5-6-11(9)8-16-12-4-2-3-10(7-12)13(14)15/h2-4,7,9,11H,5-6,8H2,1H3,(H,14,15)/t9-,11-/m1/s1. The Bertz CT molecular complexity index is 387. The third kappa shape index (κ3) is 2.35. The first kappa shape index (κ1) is 11.0. The molecule has 0 aromatic heterocycles. The number of hydrogen-bond acceptors (Lipinski definition) is 2. The van der Waals surface area contributed by atoms with Gasteiger partial charge in [0.1, 0.15) is 5.75 Å². The highest BCUT2D eigenvalue weighted by Gasteiger charge is 2.27. The van der Waals surface area contributed by atoms with Crippen LogP contribution in [0.3, 0.4) is 0 Å². The first-order valence-corrected chi connectivity index (χ1v) is 5.63. The summed E-state index contributed by atoms with van der Waals surface area (Å²) in [6.07, 6.45) is 2.50. The molecule has 2 atom stereocenters. The number of ether oxygens (including phenoxy) is 1. The molecule has 16 heavy (non-hydrogen) atoms. The lowest BCUT2D eigenvalue weighted by atomic mass is 9.75. The molecule has 0 radical (unpaired) electrons. The van der Waals surface area contributed by atoms with Crippen molar-refractivity contribution < 1.29 is 14.6 Å². The molecule has 1 N–H and O–H groups in total. The fourth-order valence-electron chi connectivity index (χ4n) is 1.91. The third-order valence-electron chi connectivity index (χ3n) is 3.34. The summed E-state index contributed by atoms with van der Waals surface area (Å²) in [4.78, 5) is 10.8. The summed E-state index contributed by atoms with van der Waals surface area (Å²) in [5.41, 5.74) is 0.277. The summed E-state index contributed by atoms with van der Waals surface area (Å²) in [5, 5.41) is 8.83. The van der Waals surface area contributed by atoms with E-state index in [1.165, 1.54) is 12.8 Å². The normalized spacial score (nSPS) is 23.6. The molecule has 2 rings (SSSR count). The highest BCUT2D eigenvalue weighted by molar-refractivity contribution is 5.87. The number of carbonyl (C=O) groups is 1. The smallest absolute Gasteiger partial charge is 0.335 e. The molecule has 86 valence electrons. The Morgan fingerprint density at radius 2 is 2.31 bits per heavy atom. The van der Waals surface area contributed by atoms with E-state index in [4.69, 9.17) is 9.84 Å². The average Bonchev–Trinajstić information content (AvgIpc) is 2.27. The molecule has 0 saturated heterocycles. The number of aromatic carboxylic acids is 1. The van der Waals surface area contributed by atoms with Crippen LogP contribution in [-0.4, -0.2) is 17.7 Å². The van der Waals surface area contributed by atoms with Crippen molar-refractivity contribution in [2.45, 2.75) is 19.8 Å². The van der Waals surface area contributed by atoms with E-state index in [9.17, 15) is 4.79 Å². The van der Waals surface area contributed by atoms with Crippen molar-refractivity contribution in [3.63, 3.8) is 0 Å². The zero-order chi connectivity index (χ0) is 11.5. The molecule has 1 aromatic carbocycles. The largest absolute Gasteiger partial charge is 0.493 e. The molecular weight excluding hydrogens is 204 g/mol. The van der Waals surface area contributed by atoms with Gasteiger partial charge in [-0.25, -0.2) is 4.79 Å². The Morgan fingerprint density at radius 1 is 1.50 bits per heavy atom. The van der Waals surface area contributed by atoms with Crippen LogP contribution in [0.15, 0.2) is 24.3 Å². The van der Waals surface area contributed by atoms with E-state index in [1.807, 2.05) is 0 Å². The molecule has 0 unspecified atom stereocenters. The van der Waals surface area contributed by atoms with Gasteiger partial charge >= 0.3 is 5.97 Å². The monoisotopic (exact) mass is 220 g/mol. The van der Waals surface area contributed by atoms with Gasteiger partial charge in [0.2, 0.25) is 0 Å². The van der Waals surface area contributed by atoms with Gasteiger partial charge in [-0.3, -0.25) is 0 Å². The summed E-state index contributed by atoms with van der Waals surface area (Å²) < 4.78 is 5.61. The molecule has 1 aromatic rings. The number of carboxylic acids is 1. The summed E-state index contributed by atoms with van der Waals surface area (Å²) in [5.74, 6) is 1.11. The maximum atomic E-state index is 10.8. The Kier molecular flexibility index (Phi) is 3.13. The molecule has 0 spiro atoms. The van der Waals surface area contributed by atoms with Crippen molar-refractivity contribution >= 4 is 5.97 Å². The molecule has 1 aliphatic rings. The van der Waals surface area contributed by atoms with Crippen molar-refractivity contribution in [2.24, 2.45) is 11.8 Å². The maximum Gasteiger partial charge on any atom is 0.335 e. The van der Waals surface area contributed by atoms with Crippen molar-refractivity contribution in [2.75, 3.05) is 6.61 Å². The second-order valence-corrected chi connectivity index (χ2v) is 4.46. The van der Waals surface area contributed by atoms with Gasteiger partial charge in [0, 0.05) is 0 Å². The van der Waals surface area contributed by atoms with E-state index < -0.39 is 5.97 Å². The molecule has 1 saturated carbocycles. The number of benzene rings is 1. The number of hydrogen-bond donors (Lipinski definition) is 1. The van der Waals surface area contributed by atoms with Gasteiger partial charge in [-0.1, -0.05) is 13.0 Å². The molecular formula is C13H16O3. The molecule has 0 bridgehead atoms. The van der Waals surface area contributed by atoms with Gasteiger partial charge in [0.25, 0.3) is 0 Å². The Labute approximate surface area is 95.0 Å². The molecule has 0 heterocycles. The lowest BCUT2D eigenvalue weighted by Gasteiger charge is -2.33. The van der Waals surface area contributed by atoms with Gasteiger partial charge in [-0.15, -0.1) is 0 Å². The van der Waals surface area contributed by atoms with Crippen molar-refractivity contribution in [3.05, 3.63) is 29.8 Å². The average molecular weight is 220 g/mol. The molecule has 1 fully saturated rings. The van der Waals surface area contributed by atoms with E-state index in [1.54, 1.807) is 24.3 Å². The number of rotatable bonds is 4. The summed E-state index contributed by atoms with van der Waals surface area (Å²) in [6.45, 7) is 2.93. The molecule has 1 aliphatic carbocycles. The van der Waals surface area contributed by atoms with E-state index in [2.05, 4.69) is 6.92 Å². The van der Waals surface area contributed by atoms with E-state index in [0.717, 1.165) is 5.92 Å². The SMILES string of the molecule is C[C@@H]1CC[C@@H]1COc1cccc(C(=O)O)c1. The first-order valence-electron chi connectivity index (χ1n) is 5.63. The Morgan fingerprint density at radius 3 is 2.88 bits per heavy atom. The van der Waals surface area contributed by atoms with Gasteiger partial charge in [0.05, 0.1) is 12.2 Å². The van der Waals surface area contributed by atoms with Gasteiger partial charge in [-0.05, 0) is 42.9 Å². The summed E-state index contributed by atoms with van der Waals surface area (Å²) >= 11 is 0. The minimum Gasteiger partial charge on any atom is -0.493 e. The van der Waals surface area contributed by atoms with Crippen LogP contribution in [0.4, 0.5) is 0 Å². The highest BCUT2D eigenvalue weighted by atomic mass is 16.5. The topological polar surface area (TPSA) is 46.5 Å². The zero-order valence-corrected chi connectivity index (χ0v) is 9.35. The highest BCUT2D eigenvalue weighted by Crippen LogP contribution is 2.33. The minimum absolute atomic E-state index is 0.277. The van der Waals surface area contributed by atoms with Crippen LogP contribution in [0.25, 0.3) is 0 Å². The molecule has 3 nitrogen and oxygen atoms in total. The Hall–Kier alpha value is -1.51. The van der Waals surface area contributed by atoms with Crippen LogP contribution in [-0.2, 0) is 0 Å². The first-order chi connectivity index (χ1) is 7.66. The van der Waals surface area contributed by atoms with E-state index in [-0.39, 0.29) is 5.56 Å². The predicted molar refractivity (Wildman–Crippen MR) is 60.8 cm³/mol. The molecule has 0 amide bonds. The third-order valence-corrected chi connectivity index (χ3v) is 3.34.